The molecule has 0 radical (unpaired) electrons. The van der Waals surface area contributed by atoms with Crippen LogP contribution in [0.2, 0.25) is 0 Å². The Labute approximate surface area is 88.7 Å². The molecule has 3 heteroatoms. The second kappa shape index (κ2) is 5.68. The molecule has 0 aromatic carbocycles. The maximum atomic E-state index is 5.67. The quantitative estimate of drug-likeness (QED) is 0.817. The fourth-order valence-corrected chi connectivity index (χ4v) is 3.06. The molecular formula is C10H17NS2. The van der Waals surface area contributed by atoms with E-state index >= 15 is 0 Å². The number of thiophene rings is 1. The summed E-state index contributed by atoms with van der Waals surface area (Å²) in [6.07, 6.45) is 1.16. The third-order valence-corrected chi connectivity index (χ3v) is 4.38. The smallest absolute Gasteiger partial charge is 0.0279 e. The number of nitrogens with two attached hydrogens (primary N) is 1. The highest BCUT2D eigenvalue weighted by Gasteiger charge is 1.99. The molecular weight excluding hydrogens is 198 g/mol. The lowest BCUT2D eigenvalue weighted by Crippen LogP contribution is -2.17. The summed E-state index contributed by atoms with van der Waals surface area (Å²) in [6.45, 7) is 4.25. The van der Waals surface area contributed by atoms with Crippen molar-refractivity contribution in [2.75, 3.05) is 5.75 Å². The topological polar surface area (TPSA) is 26.0 Å². The van der Waals surface area contributed by atoms with Crippen molar-refractivity contribution in [1.82, 2.24) is 0 Å². The molecule has 0 amide bonds. The fraction of sp³-hybridized carbons (Fsp3) is 0.600. The van der Waals surface area contributed by atoms with E-state index in [1.54, 1.807) is 0 Å². The molecule has 0 saturated heterocycles. The molecule has 0 saturated carbocycles. The molecule has 1 atom stereocenters. The van der Waals surface area contributed by atoms with Gasteiger partial charge in [-0.1, -0.05) is 6.92 Å². The van der Waals surface area contributed by atoms with Gasteiger partial charge in [-0.15, -0.1) is 11.3 Å². The van der Waals surface area contributed by atoms with Crippen molar-refractivity contribution in [2.24, 2.45) is 5.73 Å². The van der Waals surface area contributed by atoms with Crippen LogP contribution in [0.25, 0.3) is 0 Å². The van der Waals surface area contributed by atoms with Crippen LogP contribution in [0.3, 0.4) is 0 Å². The first-order chi connectivity index (χ1) is 6.22. The number of aryl methyl sites for hydroxylation is 1. The van der Waals surface area contributed by atoms with E-state index in [-0.39, 0.29) is 0 Å². The zero-order valence-corrected chi connectivity index (χ0v) is 9.88. The van der Waals surface area contributed by atoms with E-state index in [2.05, 4.69) is 26.0 Å². The van der Waals surface area contributed by atoms with E-state index in [1.807, 2.05) is 23.1 Å². The van der Waals surface area contributed by atoms with Gasteiger partial charge in [-0.05, 0) is 25.5 Å². The largest absolute Gasteiger partial charge is 0.327 e. The van der Waals surface area contributed by atoms with E-state index in [1.165, 1.54) is 9.75 Å². The van der Waals surface area contributed by atoms with Crippen LogP contribution in [0.1, 0.15) is 23.6 Å². The molecule has 0 fully saturated rings. The second-order valence-electron chi connectivity index (χ2n) is 3.21. The van der Waals surface area contributed by atoms with Gasteiger partial charge >= 0.3 is 0 Å². The molecule has 13 heavy (non-hydrogen) atoms. The van der Waals surface area contributed by atoms with Crippen LogP contribution in [0.5, 0.6) is 0 Å². The summed E-state index contributed by atoms with van der Waals surface area (Å²) in [5.41, 5.74) is 5.67. The van der Waals surface area contributed by atoms with Gasteiger partial charge in [0.1, 0.15) is 0 Å². The maximum absolute atomic E-state index is 5.67. The maximum Gasteiger partial charge on any atom is 0.0279 e. The van der Waals surface area contributed by atoms with Crippen molar-refractivity contribution < 1.29 is 0 Å². The first kappa shape index (κ1) is 11.1. The summed E-state index contributed by atoms with van der Waals surface area (Å²) in [5, 5.41) is 0. The van der Waals surface area contributed by atoms with Gasteiger partial charge in [-0.3, -0.25) is 0 Å². The first-order valence-corrected chi connectivity index (χ1v) is 6.60. The van der Waals surface area contributed by atoms with Crippen molar-refractivity contribution in [3.63, 3.8) is 0 Å². The van der Waals surface area contributed by atoms with Crippen LogP contribution in [0.4, 0.5) is 0 Å². The molecule has 0 aliphatic rings. The number of hydrogen-bond donors (Lipinski definition) is 1. The lowest BCUT2D eigenvalue weighted by molar-refractivity contribution is 0.847. The van der Waals surface area contributed by atoms with Crippen molar-refractivity contribution in [1.29, 1.82) is 0 Å². The monoisotopic (exact) mass is 215 g/mol. The summed E-state index contributed by atoms with van der Waals surface area (Å²) in [4.78, 5) is 2.96. The molecule has 2 N–H and O–H groups in total. The third kappa shape index (κ3) is 4.16. The van der Waals surface area contributed by atoms with Gasteiger partial charge in [-0.2, -0.15) is 11.8 Å². The molecule has 0 bridgehead atoms. The molecule has 0 aliphatic carbocycles. The van der Waals surface area contributed by atoms with Crippen molar-refractivity contribution >= 4 is 23.1 Å². The minimum Gasteiger partial charge on any atom is -0.327 e. The number of hydrogen-bond acceptors (Lipinski definition) is 3. The van der Waals surface area contributed by atoms with Gasteiger partial charge in [0.25, 0.3) is 0 Å². The molecule has 1 aromatic rings. The molecule has 1 unspecified atom stereocenters. The van der Waals surface area contributed by atoms with Crippen LogP contribution in [-0.4, -0.2) is 11.8 Å². The van der Waals surface area contributed by atoms with Gasteiger partial charge < -0.3 is 5.73 Å². The SMILES string of the molecule is CCc1ccc(CSCC(C)N)s1. The fourth-order valence-electron chi connectivity index (χ4n) is 1.04. The Morgan fingerprint density at radius 1 is 1.46 bits per heavy atom. The Balaban J connectivity index is 2.28. The first-order valence-electron chi connectivity index (χ1n) is 4.63. The summed E-state index contributed by atoms with van der Waals surface area (Å²) in [7, 11) is 0. The molecule has 74 valence electrons. The van der Waals surface area contributed by atoms with Crippen molar-refractivity contribution in [3.8, 4) is 0 Å². The van der Waals surface area contributed by atoms with Crippen molar-refractivity contribution in [3.05, 3.63) is 21.9 Å². The lowest BCUT2D eigenvalue weighted by atomic mass is 10.4. The highest BCUT2D eigenvalue weighted by atomic mass is 32.2. The summed E-state index contributed by atoms with van der Waals surface area (Å²) in [6, 6.07) is 4.78. The summed E-state index contributed by atoms with van der Waals surface area (Å²) >= 11 is 3.85. The number of thioether (sulfide) groups is 1. The van der Waals surface area contributed by atoms with Crippen LogP contribution in [0, 0.1) is 0 Å². The summed E-state index contributed by atoms with van der Waals surface area (Å²) in [5.74, 6) is 2.17. The Bertz CT molecular complexity index is 243. The predicted octanol–water partition coefficient (Wildman–Crippen LogP) is 2.89. The normalized spacial score (nSPS) is 13.2. The predicted molar refractivity (Wildman–Crippen MR) is 63.5 cm³/mol. The molecule has 1 rings (SSSR count). The lowest BCUT2D eigenvalue weighted by Gasteiger charge is -2.02. The van der Waals surface area contributed by atoms with Crippen molar-refractivity contribution in [2.45, 2.75) is 32.1 Å². The van der Waals surface area contributed by atoms with E-state index in [9.17, 15) is 0 Å². The van der Waals surface area contributed by atoms with Gasteiger partial charge in [0.05, 0.1) is 0 Å². The average molecular weight is 215 g/mol. The minimum atomic E-state index is 0.315. The summed E-state index contributed by atoms with van der Waals surface area (Å²) < 4.78 is 0. The molecule has 1 heterocycles. The second-order valence-corrected chi connectivity index (χ2v) is 5.50. The van der Waals surface area contributed by atoms with Gasteiger partial charge in [0.2, 0.25) is 0 Å². The van der Waals surface area contributed by atoms with E-state index in [0.29, 0.717) is 6.04 Å². The Morgan fingerprint density at radius 2 is 2.15 bits per heavy atom. The average Bonchev–Trinajstić information content (AvgIpc) is 2.52. The van der Waals surface area contributed by atoms with E-state index in [4.69, 9.17) is 5.73 Å². The van der Waals surface area contributed by atoms with Gasteiger partial charge in [0.15, 0.2) is 0 Å². The Morgan fingerprint density at radius 3 is 2.69 bits per heavy atom. The molecule has 0 aliphatic heterocycles. The molecule has 1 aromatic heterocycles. The zero-order chi connectivity index (χ0) is 9.68. The van der Waals surface area contributed by atoms with Crippen LogP contribution >= 0.6 is 23.1 Å². The highest BCUT2D eigenvalue weighted by molar-refractivity contribution is 7.98. The standard InChI is InChI=1S/C10H17NS2/c1-3-9-4-5-10(13-9)7-12-6-8(2)11/h4-5,8H,3,6-7,11H2,1-2H3. The van der Waals surface area contributed by atoms with E-state index < -0.39 is 0 Å². The minimum absolute atomic E-state index is 0.315. The van der Waals surface area contributed by atoms with E-state index in [0.717, 1.165) is 17.9 Å². The number of rotatable bonds is 5. The Hall–Kier alpha value is 0.01000. The highest BCUT2D eigenvalue weighted by Crippen LogP contribution is 2.21. The molecule has 1 nitrogen and oxygen atoms in total. The van der Waals surface area contributed by atoms with Crippen LogP contribution in [0.15, 0.2) is 12.1 Å². The Kier molecular flexibility index (Phi) is 4.84. The van der Waals surface area contributed by atoms with Crippen LogP contribution in [-0.2, 0) is 12.2 Å². The van der Waals surface area contributed by atoms with Crippen LogP contribution < -0.4 is 5.73 Å². The van der Waals surface area contributed by atoms with Gasteiger partial charge in [0, 0.05) is 27.3 Å². The zero-order valence-electron chi connectivity index (χ0n) is 8.25. The third-order valence-electron chi connectivity index (χ3n) is 1.69. The molecule has 0 spiro atoms. The van der Waals surface area contributed by atoms with Gasteiger partial charge in [-0.25, -0.2) is 0 Å².